The molecule has 0 aliphatic rings. The van der Waals surface area contributed by atoms with Crippen LogP contribution in [0.2, 0.25) is 6.04 Å². The van der Waals surface area contributed by atoms with Gasteiger partial charge in [0.15, 0.2) is 0 Å². The molecule has 0 saturated heterocycles. The van der Waals surface area contributed by atoms with Crippen molar-refractivity contribution in [3.05, 3.63) is 0 Å². The van der Waals surface area contributed by atoms with E-state index in [-0.39, 0.29) is 0 Å². The standard InChI is InChI=1S/C4H11OSi/c1-4(2,5)3-6/h3H2,1-2,6H3. The van der Waals surface area contributed by atoms with Gasteiger partial charge in [0.2, 0.25) is 0 Å². The summed E-state index contributed by atoms with van der Waals surface area (Å²) < 4.78 is 0. The lowest BCUT2D eigenvalue weighted by molar-refractivity contribution is 0.0225. The highest BCUT2D eigenvalue weighted by Crippen LogP contribution is 2.03. The summed E-state index contributed by atoms with van der Waals surface area (Å²) in [7, 11) is 1.04. The predicted octanol–water partition coefficient (Wildman–Crippen LogP) is -0.0208. The van der Waals surface area contributed by atoms with Gasteiger partial charge in [-0.25, -0.2) is 5.11 Å². The molecule has 1 radical (unpaired) electrons. The summed E-state index contributed by atoms with van der Waals surface area (Å²) >= 11 is 0. The van der Waals surface area contributed by atoms with Gasteiger partial charge in [-0.05, 0) is 19.9 Å². The minimum absolute atomic E-state index is 0.647. The molecule has 0 bridgehead atoms. The Morgan fingerprint density at radius 1 is 1.67 bits per heavy atom. The predicted molar refractivity (Wildman–Crippen MR) is 29.5 cm³/mol. The van der Waals surface area contributed by atoms with Crippen molar-refractivity contribution in [3.8, 4) is 0 Å². The van der Waals surface area contributed by atoms with Crippen molar-refractivity contribution >= 4 is 10.2 Å². The second kappa shape index (κ2) is 1.75. The minimum Gasteiger partial charge on any atom is -0.230 e. The lowest BCUT2D eigenvalue weighted by Gasteiger charge is -2.07. The van der Waals surface area contributed by atoms with Gasteiger partial charge in [0.05, 0.1) is 5.60 Å². The third-order valence-corrected chi connectivity index (χ3v) is 2.55. The maximum Gasteiger partial charge on any atom is 0.0949 e. The van der Waals surface area contributed by atoms with Crippen molar-refractivity contribution < 1.29 is 5.11 Å². The molecule has 0 unspecified atom stereocenters. The molecule has 0 aromatic heterocycles. The van der Waals surface area contributed by atoms with Crippen LogP contribution < -0.4 is 0 Å². The minimum atomic E-state index is -0.647. The summed E-state index contributed by atoms with van der Waals surface area (Å²) in [4.78, 5) is 0. The van der Waals surface area contributed by atoms with E-state index in [1.807, 2.05) is 0 Å². The van der Waals surface area contributed by atoms with Gasteiger partial charge in [0.1, 0.15) is 0 Å². The highest BCUT2D eigenvalue weighted by atomic mass is 28.1. The molecule has 0 heterocycles. The van der Waals surface area contributed by atoms with E-state index in [9.17, 15) is 5.11 Å². The zero-order valence-corrected chi connectivity index (χ0v) is 6.62. The fraction of sp³-hybridized carbons (Fsp3) is 1.00. The van der Waals surface area contributed by atoms with Crippen LogP contribution in [0.1, 0.15) is 13.8 Å². The molecular weight excluding hydrogens is 92.1 g/mol. The van der Waals surface area contributed by atoms with E-state index in [1.165, 1.54) is 0 Å². The molecule has 0 saturated carbocycles. The van der Waals surface area contributed by atoms with Gasteiger partial charge >= 0.3 is 0 Å². The summed E-state index contributed by atoms with van der Waals surface area (Å²) in [5.41, 5.74) is -0.647. The zero-order valence-electron chi connectivity index (χ0n) is 4.62. The average Bonchev–Trinajstić information content (AvgIpc) is 1.35. The van der Waals surface area contributed by atoms with E-state index in [4.69, 9.17) is 0 Å². The second-order valence-electron chi connectivity index (χ2n) is 2.11. The Morgan fingerprint density at radius 3 is 1.83 bits per heavy atom. The number of hydrogen-bond acceptors (Lipinski definition) is 0. The smallest absolute Gasteiger partial charge is 0.0949 e. The van der Waals surface area contributed by atoms with E-state index in [0.717, 1.165) is 16.3 Å². The quantitative estimate of drug-likeness (QED) is 0.416. The van der Waals surface area contributed by atoms with Crippen molar-refractivity contribution in [2.75, 3.05) is 0 Å². The molecule has 0 spiro atoms. The van der Waals surface area contributed by atoms with Crippen molar-refractivity contribution in [1.29, 1.82) is 0 Å². The Morgan fingerprint density at radius 2 is 1.83 bits per heavy atom. The number of rotatable bonds is 1. The zero-order chi connectivity index (χ0) is 5.21. The molecular formula is C4H11OSi. The SMILES string of the molecule is CC(C)([O])C[SiH3]. The van der Waals surface area contributed by atoms with E-state index >= 15 is 0 Å². The highest BCUT2D eigenvalue weighted by Gasteiger charge is 2.09. The Hall–Kier alpha value is 0.177. The van der Waals surface area contributed by atoms with Gasteiger partial charge in [0.25, 0.3) is 0 Å². The van der Waals surface area contributed by atoms with Gasteiger partial charge < -0.3 is 0 Å². The van der Waals surface area contributed by atoms with Crippen LogP contribution in [0.3, 0.4) is 0 Å². The van der Waals surface area contributed by atoms with Crippen LogP contribution in [0.25, 0.3) is 0 Å². The van der Waals surface area contributed by atoms with Gasteiger partial charge in [-0.2, -0.15) is 0 Å². The molecule has 6 heavy (non-hydrogen) atoms. The summed E-state index contributed by atoms with van der Waals surface area (Å²) in [5.74, 6) is 0. The molecule has 0 fully saturated rings. The van der Waals surface area contributed by atoms with Crippen molar-refractivity contribution in [3.63, 3.8) is 0 Å². The average molecular weight is 103 g/mol. The fourth-order valence-electron chi connectivity index (χ4n) is 0. The van der Waals surface area contributed by atoms with Crippen LogP contribution in [0.5, 0.6) is 0 Å². The van der Waals surface area contributed by atoms with Gasteiger partial charge in [0, 0.05) is 10.2 Å². The summed E-state index contributed by atoms with van der Waals surface area (Å²) in [6.45, 7) is 3.44. The van der Waals surface area contributed by atoms with Gasteiger partial charge in [-0.1, -0.05) is 0 Å². The Labute approximate surface area is 41.8 Å². The lowest BCUT2D eigenvalue weighted by atomic mass is 10.2. The topological polar surface area (TPSA) is 19.9 Å². The normalized spacial score (nSPS) is 12.5. The third kappa shape index (κ3) is 4.18. The van der Waals surface area contributed by atoms with Crippen molar-refractivity contribution in [1.82, 2.24) is 0 Å². The molecule has 37 valence electrons. The Kier molecular flexibility index (Phi) is 1.81. The Balaban J connectivity index is 3.17. The molecule has 0 N–H and O–H groups in total. The van der Waals surface area contributed by atoms with Crippen LogP contribution in [-0.4, -0.2) is 15.8 Å². The first-order valence-corrected chi connectivity index (χ1v) is 3.68. The van der Waals surface area contributed by atoms with E-state index in [0.29, 0.717) is 0 Å². The highest BCUT2D eigenvalue weighted by molar-refractivity contribution is 6.09. The van der Waals surface area contributed by atoms with Crippen LogP contribution >= 0.6 is 0 Å². The molecule has 1 nitrogen and oxygen atoms in total. The molecule has 0 atom stereocenters. The summed E-state index contributed by atoms with van der Waals surface area (Å²) in [6.07, 6.45) is 0. The Bertz CT molecular complexity index is 37.3. The van der Waals surface area contributed by atoms with Crippen LogP contribution in [0.4, 0.5) is 0 Å². The van der Waals surface area contributed by atoms with Crippen LogP contribution in [0, 0.1) is 0 Å². The second-order valence-corrected chi connectivity index (χ2v) is 2.82. The first-order valence-electron chi connectivity index (χ1n) is 2.26. The lowest BCUT2D eigenvalue weighted by Crippen LogP contribution is -2.14. The number of hydrogen-bond donors (Lipinski definition) is 0. The third-order valence-electron chi connectivity index (χ3n) is 0.851. The molecule has 0 aromatic carbocycles. The summed E-state index contributed by atoms with van der Waals surface area (Å²) in [5, 5.41) is 10.5. The van der Waals surface area contributed by atoms with E-state index in [1.54, 1.807) is 13.8 Å². The van der Waals surface area contributed by atoms with Crippen LogP contribution in [0.15, 0.2) is 0 Å². The van der Waals surface area contributed by atoms with E-state index in [2.05, 4.69) is 0 Å². The van der Waals surface area contributed by atoms with E-state index < -0.39 is 5.60 Å². The molecule has 2 heteroatoms. The van der Waals surface area contributed by atoms with Crippen molar-refractivity contribution in [2.45, 2.75) is 25.5 Å². The monoisotopic (exact) mass is 103 g/mol. The van der Waals surface area contributed by atoms with Crippen molar-refractivity contribution in [2.24, 2.45) is 0 Å². The van der Waals surface area contributed by atoms with Crippen LogP contribution in [-0.2, 0) is 5.11 Å². The fourth-order valence-corrected chi connectivity index (χ4v) is 0. The molecule has 0 aliphatic carbocycles. The molecule has 0 aromatic rings. The molecule has 0 amide bonds. The largest absolute Gasteiger partial charge is 0.230 e. The molecule has 0 rings (SSSR count). The summed E-state index contributed by atoms with van der Waals surface area (Å²) in [6, 6.07) is 0.854. The van der Waals surface area contributed by atoms with Gasteiger partial charge in [-0.15, -0.1) is 0 Å². The molecule has 0 aliphatic heterocycles. The first kappa shape index (κ1) is 6.18. The first-order chi connectivity index (χ1) is 2.56. The maximum absolute atomic E-state index is 10.5. The van der Waals surface area contributed by atoms with Gasteiger partial charge in [-0.3, -0.25) is 0 Å². The maximum atomic E-state index is 10.5.